The van der Waals surface area contributed by atoms with Gasteiger partial charge >= 0.3 is 0 Å². The molecule has 0 saturated heterocycles. The fraction of sp³-hybridized carbons (Fsp3) is 0.154. The molecule has 0 radical (unpaired) electrons. The van der Waals surface area contributed by atoms with Gasteiger partial charge in [0, 0.05) is 5.56 Å². The van der Waals surface area contributed by atoms with Gasteiger partial charge in [-0.25, -0.2) is 0 Å². The van der Waals surface area contributed by atoms with Crippen LogP contribution in [0.15, 0.2) is 29.7 Å². The molecular weight excluding hydrogens is 244 g/mol. The molecule has 1 aromatic rings. The molecule has 0 spiro atoms. The lowest BCUT2D eigenvalue weighted by molar-refractivity contribution is 0.351. The molecule has 19 heavy (non-hydrogen) atoms. The molecule has 0 bridgehead atoms. The summed E-state index contributed by atoms with van der Waals surface area (Å²) in [5.41, 5.74) is 6.04. The third kappa shape index (κ3) is 1.80. The van der Waals surface area contributed by atoms with Crippen LogP contribution >= 0.6 is 0 Å². The van der Waals surface area contributed by atoms with Gasteiger partial charge in [0.1, 0.15) is 12.0 Å². The highest BCUT2D eigenvalue weighted by Crippen LogP contribution is 2.45. The normalized spacial score (nSPS) is 16.8. The Hall–Kier alpha value is -3.17. The number of nitriles is 3. The average Bonchev–Trinajstić information content (AvgIpc) is 2.41. The van der Waals surface area contributed by atoms with E-state index in [0.717, 1.165) is 0 Å². The van der Waals surface area contributed by atoms with Crippen molar-refractivity contribution in [3.8, 4) is 29.7 Å². The monoisotopic (exact) mass is 252 g/mol. The predicted octanol–water partition coefficient (Wildman–Crippen LogP) is 1.23. The van der Waals surface area contributed by atoms with Crippen LogP contribution in [0, 0.1) is 39.9 Å². The van der Waals surface area contributed by atoms with Crippen LogP contribution in [0.5, 0.6) is 11.5 Å². The van der Waals surface area contributed by atoms with Crippen molar-refractivity contribution in [3.05, 3.63) is 35.2 Å². The maximum atomic E-state index is 9.73. The summed E-state index contributed by atoms with van der Waals surface area (Å²) in [6.07, 6.45) is 0. The summed E-state index contributed by atoms with van der Waals surface area (Å²) in [5.74, 6) is -2.18. The van der Waals surface area contributed by atoms with Gasteiger partial charge in [0.2, 0.25) is 5.88 Å². The number of hydrogen-bond donors (Lipinski definition) is 2. The van der Waals surface area contributed by atoms with Gasteiger partial charge in [0.05, 0.1) is 23.6 Å². The number of ether oxygens (including phenoxy) is 1. The summed E-state index contributed by atoms with van der Waals surface area (Å²) in [7, 11) is 0. The van der Waals surface area contributed by atoms with Crippen LogP contribution in [0.4, 0.5) is 0 Å². The number of para-hydroxylation sites is 1. The van der Waals surface area contributed by atoms with Crippen LogP contribution in [0.3, 0.4) is 0 Å². The Kier molecular flexibility index (Phi) is 2.98. The Balaban J connectivity index is 2.70. The molecule has 1 aromatic carbocycles. The van der Waals surface area contributed by atoms with Crippen LogP contribution in [-0.2, 0) is 0 Å². The SMILES string of the molecule is N#CC1=C(N)Oc2c(O)cccc2[C@H]1C(C#N)C#N. The van der Waals surface area contributed by atoms with Crippen LogP contribution in [0.1, 0.15) is 11.5 Å². The minimum absolute atomic E-state index is 0.0196. The molecule has 1 aliphatic rings. The number of phenolic OH excluding ortho intramolecular Hbond substituents is 1. The van der Waals surface area contributed by atoms with Gasteiger partial charge in [0.15, 0.2) is 11.5 Å². The van der Waals surface area contributed by atoms with Crippen molar-refractivity contribution in [3.63, 3.8) is 0 Å². The van der Waals surface area contributed by atoms with E-state index in [1.54, 1.807) is 12.1 Å². The fourth-order valence-corrected chi connectivity index (χ4v) is 2.02. The van der Waals surface area contributed by atoms with E-state index in [-0.39, 0.29) is 23.0 Å². The zero-order valence-corrected chi connectivity index (χ0v) is 9.66. The minimum Gasteiger partial charge on any atom is -0.504 e. The molecule has 6 nitrogen and oxygen atoms in total. The van der Waals surface area contributed by atoms with E-state index in [9.17, 15) is 5.11 Å². The summed E-state index contributed by atoms with van der Waals surface area (Å²) < 4.78 is 5.20. The van der Waals surface area contributed by atoms with E-state index in [2.05, 4.69) is 0 Å². The molecule has 0 aromatic heterocycles. The van der Waals surface area contributed by atoms with Gasteiger partial charge in [-0.2, -0.15) is 15.8 Å². The van der Waals surface area contributed by atoms with Gasteiger partial charge in [-0.05, 0) is 6.07 Å². The number of rotatable bonds is 1. The Morgan fingerprint density at radius 1 is 1.26 bits per heavy atom. The average molecular weight is 252 g/mol. The summed E-state index contributed by atoms with van der Waals surface area (Å²) >= 11 is 0. The van der Waals surface area contributed by atoms with Crippen molar-refractivity contribution >= 4 is 0 Å². The number of fused-ring (bicyclic) bond motifs is 1. The number of nitrogens with zero attached hydrogens (tertiary/aromatic N) is 3. The van der Waals surface area contributed by atoms with Gasteiger partial charge in [-0.3, -0.25) is 0 Å². The Bertz CT molecular complexity index is 674. The molecule has 92 valence electrons. The van der Waals surface area contributed by atoms with Crippen LogP contribution in [0.2, 0.25) is 0 Å². The van der Waals surface area contributed by atoms with Crippen molar-refractivity contribution in [2.24, 2.45) is 11.7 Å². The van der Waals surface area contributed by atoms with Crippen molar-refractivity contribution in [2.75, 3.05) is 0 Å². The van der Waals surface area contributed by atoms with Crippen molar-refractivity contribution in [2.45, 2.75) is 5.92 Å². The predicted molar refractivity (Wildman–Crippen MR) is 63.0 cm³/mol. The lowest BCUT2D eigenvalue weighted by Gasteiger charge is -2.26. The number of hydrogen-bond acceptors (Lipinski definition) is 6. The van der Waals surface area contributed by atoms with Crippen molar-refractivity contribution < 1.29 is 9.84 Å². The molecule has 6 heteroatoms. The first-order chi connectivity index (χ1) is 9.13. The Labute approximate surface area is 109 Å². The van der Waals surface area contributed by atoms with E-state index in [1.807, 2.05) is 18.2 Å². The first-order valence-corrected chi connectivity index (χ1v) is 5.32. The van der Waals surface area contributed by atoms with Gasteiger partial charge < -0.3 is 15.6 Å². The summed E-state index contributed by atoms with van der Waals surface area (Å²) in [6.45, 7) is 0. The van der Waals surface area contributed by atoms with Gasteiger partial charge in [-0.15, -0.1) is 0 Å². The van der Waals surface area contributed by atoms with E-state index in [0.29, 0.717) is 5.56 Å². The Morgan fingerprint density at radius 3 is 2.53 bits per heavy atom. The molecule has 0 aliphatic carbocycles. The highest BCUT2D eigenvalue weighted by atomic mass is 16.5. The minimum atomic E-state index is -1.09. The van der Waals surface area contributed by atoms with Crippen molar-refractivity contribution in [1.82, 2.24) is 0 Å². The maximum absolute atomic E-state index is 9.73. The second-order valence-corrected chi connectivity index (χ2v) is 3.90. The first-order valence-electron chi connectivity index (χ1n) is 5.32. The van der Waals surface area contributed by atoms with Crippen LogP contribution in [0.25, 0.3) is 0 Å². The molecule has 1 heterocycles. The van der Waals surface area contributed by atoms with Crippen LogP contribution < -0.4 is 10.5 Å². The molecule has 0 unspecified atom stereocenters. The van der Waals surface area contributed by atoms with E-state index < -0.39 is 11.8 Å². The maximum Gasteiger partial charge on any atom is 0.205 e. The number of benzene rings is 1. The fourth-order valence-electron chi connectivity index (χ4n) is 2.02. The second kappa shape index (κ2) is 4.60. The molecule has 0 amide bonds. The quantitative estimate of drug-likeness (QED) is 0.773. The summed E-state index contributed by atoms with van der Waals surface area (Å²) in [4.78, 5) is 0. The molecule has 0 fully saturated rings. The molecular formula is C13H8N4O2. The molecule has 0 saturated carbocycles. The topological polar surface area (TPSA) is 127 Å². The van der Waals surface area contributed by atoms with Gasteiger partial charge in [0.25, 0.3) is 0 Å². The molecule has 1 aliphatic heterocycles. The van der Waals surface area contributed by atoms with Gasteiger partial charge in [-0.1, -0.05) is 12.1 Å². The lowest BCUT2D eigenvalue weighted by atomic mass is 9.80. The highest BCUT2D eigenvalue weighted by Gasteiger charge is 2.36. The highest BCUT2D eigenvalue weighted by molar-refractivity contribution is 5.57. The number of aromatic hydroxyl groups is 1. The summed E-state index contributed by atoms with van der Waals surface area (Å²) in [6, 6.07) is 10.0. The third-order valence-corrected chi connectivity index (χ3v) is 2.88. The zero-order valence-electron chi connectivity index (χ0n) is 9.66. The molecule has 1 atom stereocenters. The van der Waals surface area contributed by atoms with Crippen LogP contribution in [-0.4, -0.2) is 5.11 Å². The second-order valence-electron chi connectivity index (χ2n) is 3.90. The largest absolute Gasteiger partial charge is 0.504 e. The van der Waals surface area contributed by atoms with Crippen molar-refractivity contribution in [1.29, 1.82) is 15.8 Å². The number of phenols is 1. The zero-order chi connectivity index (χ0) is 14.0. The smallest absolute Gasteiger partial charge is 0.205 e. The molecule has 3 N–H and O–H groups in total. The third-order valence-electron chi connectivity index (χ3n) is 2.88. The number of nitrogens with two attached hydrogens (primary N) is 1. The standard InChI is InChI=1S/C13H8N4O2/c14-4-7(5-15)11-8-2-1-3-10(18)12(8)19-13(17)9(11)6-16/h1-3,7,11,18H,17H2/t11-/m1/s1. The Morgan fingerprint density at radius 2 is 1.95 bits per heavy atom. The number of allylic oxidation sites excluding steroid dienone is 1. The summed E-state index contributed by atoms with van der Waals surface area (Å²) in [5, 5.41) is 36.9. The lowest BCUT2D eigenvalue weighted by Crippen LogP contribution is -2.24. The molecule has 2 rings (SSSR count). The van der Waals surface area contributed by atoms with E-state index >= 15 is 0 Å². The van der Waals surface area contributed by atoms with E-state index in [4.69, 9.17) is 26.3 Å². The first kappa shape index (κ1) is 12.3. The van der Waals surface area contributed by atoms with E-state index in [1.165, 1.54) is 6.07 Å².